The fourth-order valence-electron chi connectivity index (χ4n) is 4.72. The highest BCUT2D eigenvalue weighted by molar-refractivity contribution is 5.96. The van der Waals surface area contributed by atoms with Crippen molar-refractivity contribution in [3.63, 3.8) is 0 Å². The molecule has 0 spiro atoms. The van der Waals surface area contributed by atoms with Gasteiger partial charge in [-0.2, -0.15) is 0 Å². The maximum Gasteiger partial charge on any atom is 0.230 e. The van der Waals surface area contributed by atoms with Crippen LogP contribution >= 0.6 is 0 Å². The van der Waals surface area contributed by atoms with Crippen LogP contribution in [0, 0.1) is 18.8 Å². The molecule has 4 nitrogen and oxygen atoms in total. The van der Waals surface area contributed by atoms with Gasteiger partial charge in [0.15, 0.2) is 0 Å². The third-order valence-corrected chi connectivity index (χ3v) is 6.64. The molecule has 33 heavy (non-hydrogen) atoms. The first-order valence-corrected chi connectivity index (χ1v) is 11.8. The van der Waals surface area contributed by atoms with E-state index in [-0.39, 0.29) is 17.7 Å². The Morgan fingerprint density at radius 3 is 2.24 bits per heavy atom. The minimum atomic E-state index is -0.0408. The molecule has 2 atom stereocenters. The summed E-state index contributed by atoms with van der Waals surface area (Å²) in [6.45, 7) is 4.77. The van der Waals surface area contributed by atoms with Crippen molar-refractivity contribution < 1.29 is 9.59 Å². The number of benzene rings is 3. The van der Waals surface area contributed by atoms with Crippen LogP contribution in [-0.4, -0.2) is 11.8 Å². The zero-order valence-electron chi connectivity index (χ0n) is 19.5. The Bertz CT molecular complexity index is 1090. The Labute approximate surface area is 196 Å². The number of rotatable bonds is 7. The summed E-state index contributed by atoms with van der Waals surface area (Å²) in [6, 6.07) is 25.6. The van der Waals surface area contributed by atoms with Gasteiger partial charge in [0.25, 0.3) is 0 Å². The lowest BCUT2D eigenvalue weighted by Crippen LogP contribution is -2.37. The molecule has 0 aliphatic heterocycles. The van der Waals surface area contributed by atoms with Gasteiger partial charge in [-0.05, 0) is 60.6 Å². The van der Waals surface area contributed by atoms with Crippen molar-refractivity contribution in [2.75, 3.05) is 10.2 Å². The zero-order valence-corrected chi connectivity index (χ0v) is 19.5. The highest BCUT2D eigenvalue weighted by Crippen LogP contribution is 2.35. The van der Waals surface area contributed by atoms with Crippen LogP contribution in [0.2, 0.25) is 0 Å². The maximum absolute atomic E-state index is 13.6. The van der Waals surface area contributed by atoms with Gasteiger partial charge in [0, 0.05) is 17.3 Å². The Kier molecular flexibility index (Phi) is 7.23. The first-order valence-electron chi connectivity index (χ1n) is 11.8. The fourth-order valence-corrected chi connectivity index (χ4v) is 4.72. The van der Waals surface area contributed by atoms with Crippen LogP contribution in [-0.2, 0) is 22.6 Å². The largest absolute Gasteiger partial charge is 0.326 e. The van der Waals surface area contributed by atoms with E-state index in [1.54, 1.807) is 0 Å². The number of nitrogens with one attached hydrogen (secondary N) is 1. The summed E-state index contributed by atoms with van der Waals surface area (Å²) in [5, 5.41) is 2.97. The molecule has 0 aromatic heterocycles. The summed E-state index contributed by atoms with van der Waals surface area (Å²) < 4.78 is 0. The van der Waals surface area contributed by atoms with E-state index >= 15 is 0 Å². The van der Waals surface area contributed by atoms with E-state index in [1.807, 2.05) is 77.7 Å². The molecule has 1 fully saturated rings. The Morgan fingerprint density at radius 1 is 0.879 bits per heavy atom. The third-order valence-electron chi connectivity index (χ3n) is 6.64. The zero-order chi connectivity index (χ0) is 23.2. The van der Waals surface area contributed by atoms with Crippen molar-refractivity contribution in [2.24, 2.45) is 11.8 Å². The van der Waals surface area contributed by atoms with Crippen molar-refractivity contribution in [1.82, 2.24) is 0 Å². The van der Waals surface area contributed by atoms with Gasteiger partial charge in [0.05, 0.1) is 13.0 Å². The van der Waals surface area contributed by atoms with Crippen LogP contribution in [0.3, 0.4) is 0 Å². The van der Waals surface area contributed by atoms with E-state index in [0.29, 0.717) is 18.9 Å². The number of para-hydroxylation sites is 1. The van der Waals surface area contributed by atoms with Crippen molar-refractivity contribution in [1.29, 1.82) is 0 Å². The smallest absolute Gasteiger partial charge is 0.230 e. The quantitative estimate of drug-likeness (QED) is 0.479. The van der Waals surface area contributed by atoms with Gasteiger partial charge < -0.3 is 10.2 Å². The fraction of sp³-hybridized carbons (Fsp3) is 0.310. The van der Waals surface area contributed by atoms with E-state index in [1.165, 1.54) is 0 Å². The highest BCUT2D eigenvalue weighted by Gasteiger charge is 2.33. The molecule has 0 radical (unpaired) electrons. The van der Waals surface area contributed by atoms with Crippen LogP contribution in [0.25, 0.3) is 0 Å². The number of carbonyl (C=O) groups is 2. The molecule has 4 rings (SSSR count). The summed E-state index contributed by atoms with van der Waals surface area (Å²) in [7, 11) is 0. The van der Waals surface area contributed by atoms with E-state index < -0.39 is 0 Å². The SMILES string of the molecule is Cc1ccccc1N(Cc1ccc(NC(=O)Cc2ccccc2)cc1)C(=O)C1CCCC1C. The average Bonchev–Trinajstić information content (AvgIpc) is 3.25. The molecule has 1 saturated carbocycles. The summed E-state index contributed by atoms with van der Waals surface area (Å²) in [6.07, 6.45) is 3.55. The van der Waals surface area contributed by atoms with E-state index in [2.05, 4.69) is 25.2 Å². The molecule has 1 N–H and O–H groups in total. The number of carbonyl (C=O) groups excluding carboxylic acids is 2. The first kappa shape index (κ1) is 22.8. The molecule has 0 saturated heterocycles. The minimum absolute atomic E-state index is 0.0408. The Morgan fingerprint density at radius 2 is 1.58 bits per heavy atom. The lowest BCUT2D eigenvalue weighted by molar-refractivity contribution is -0.123. The topological polar surface area (TPSA) is 49.4 Å². The molecule has 1 aliphatic rings. The molecule has 2 unspecified atom stereocenters. The summed E-state index contributed by atoms with van der Waals surface area (Å²) in [5.74, 6) is 0.683. The van der Waals surface area contributed by atoms with E-state index in [9.17, 15) is 9.59 Å². The number of aryl methyl sites for hydroxylation is 1. The molecule has 3 aromatic rings. The molecule has 0 bridgehead atoms. The van der Waals surface area contributed by atoms with Gasteiger partial charge in [-0.25, -0.2) is 0 Å². The molecule has 4 heteroatoms. The number of amides is 2. The van der Waals surface area contributed by atoms with Crippen molar-refractivity contribution in [2.45, 2.75) is 46.1 Å². The van der Waals surface area contributed by atoms with E-state index in [4.69, 9.17) is 0 Å². The van der Waals surface area contributed by atoms with Crippen LogP contribution in [0.4, 0.5) is 11.4 Å². The van der Waals surface area contributed by atoms with Crippen molar-refractivity contribution in [3.05, 3.63) is 95.6 Å². The van der Waals surface area contributed by atoms with Crippen LogP contribution in [0.1, 0.15) is 42.9 Å². The normalized spacial score (nSPS) is 17.5. The second kappa shape index (κ2) is 10.5. The standard InChI is InChI=1S/C29H32N2O2/c1-21-10-8-13-26(21)29(33)31(27-14-7-6-9-22(27)2)20-24-15-17-25(18-16-24)30-28(32)19-23-11-4-3-5-12-23/h3-7,9,11-12,14-18,21,26H,8,10,13,19-20H2,1-2H3,(H,30,32). The van der Waals surface area contributed by atoms with Crippen molar-refractivity contribution >= 4 is 23.2 Å². The Balaban J connectivity index is 1.47. The molecule has 170 valence electrons. The van der Waals surface area contributed by atoms with E-state index in [0.717, 1.165) is 47.3 Å². The predicted molar refractivity (Wildman–Crippen MR) is 134 cm³/mol. The lowest BCUT2D eigenvalue weighted by Gasteiger charge is -2.29. The van der Waals surface area contributed by atoms with Crippen LogP contribution < -0.4 is 10.2 Å². The van der Waals surface area contributed by atoms with Crippen molar-refractivity contribution in [3.8, 4) is 0 Å². The third kappa shape index (κ3) is 5.70. The Hall–Kier alpha value is -3.40. The van der Waals surface area contributed by atoms with Gasteiger partial charge in [-0.1, -0.05) is 74.0 Å². The number of anilines is 2. The first-order chi connectivity index (χ1) is 16.0. The number of hydrogen-bond acceptors (Lipinski definition) is 2. The van der Waals surface area contributed by atoms with Gasteiger partial charge in [0.2, 0.25) is 11.8 Å². The van der Waals surface area contributed by atoms with Gasteiger partial charge >= 0.3 is 0 Å². The summed E-state index contributed by atoms with van der Waals surface area (Å²) >= 11 is 0. The van der Waals surface area contributed by atoms with Gasteiger partial charge in [-0.3, -0.25) is 9.59 Å². The highest BCUT2D eigenvalue weighted by atomic mass is 16.2. The number of nitrogens with zero attached hydrogens (tertiary/aromatic N) is 1. The second-order valence-electron chi connectivity index (χ2n) is 9.13. The second-order valence-corrected chi connectivity index (χ2v) is 9.13. The lowest BCUT2D eigenvalue weighted by atomic mass is 9.95. The van der Waals surface area contributed by atoms with Crippen LogP contribution in [0.5, 0.6) is 0 Å². The maximum atomic E-state index is 13.6. The van der Waals surface area contributed by atoms with Crippen LogP contribution in [0.15, 0.2) is 78.9 Å². The number of hydrogen-bond donors (Lipinski definition) is 1. The molecular weight excluding hydrogens is 408 g/mol. The monoisotopic (exact) mass is 440 g/mol. The summed E-state index contributed by atoms with van der Waals surface area (Å²) in [4.78, 5) is 27.9. The molecule has 1 aliphatic carbocycles. The summed E-state index contributed by atoms with van der Waals surface area (Å²) in [5.41, 5.74) is 4.86. The van der Waals surface area contributed by atoms with Gasteiger partial charge in [-0.15, -0.1) is 0 Å². The molecule has 3 aromatic carbocycles. The molecule has 2 amide bonds. The predicted octanol–water partition coefficient (Wildman–Crippen LogP) is 6.15. The molecular formula is C29H32N2O2. The van der Waals surface area contributed by atoms with Gasteiger partial charge in [0.1, 0.15) is 0 Å². The average molecular weight is 441 g/mol. The minimum Gasteiger partial charge on any atom is -0.326 e. The molecule has 0 heterocycles.